The maximum atomic E-state index is 5.23. The Bertz CT molecular complexity index is 219. The smallest absolute Gasteiger partial charge is 0.156 e. The molecule has 1 aliphatic carbocycles. The summed E-state index contributed by atoms with van der Waals surface area (Å²) >= 11 is 0. The van der Waals surface area contributed by atoms with Gasteiger partial charge in [-0.15, -0.1) is 0 Å². The molecule has 0 bridgehead atoms. The van der Waals surface area contributed by atoms with Crippen LogP contribution in [0.2, 0.25) is 0 Å². The molecule has 2 heteroatoms. The molecule has 0 spiro atoms. The standard InChI is InChI=1S/C13H24O2/c1-11-6-5-8-13(2,10-11)9-7-12(14-3)15-4/h6,12H,5,7-10H2,1-4H3. The summed E-state index contributed by atoms with van der Waals surface area (Å²) < 4.78 is 10.5. The monoisotopic (exact) mass is 212 g/mol. The summed E-state index contributed by atoms with van der Waals surface area (Å²) in [7, 11) is 3.42. The van der Waals surface area contributed by atoms with Crippen LogP contribution in [0.25, 0.3) is 0 Å². The third-order valence-corrected chi connectivity index (χ3v) is 3.46. The molecule has 0 aromatic rings. The first kappa shape index (κ1) is 12.7. The topological polar surface area (TPSA) is 18.5 Å². The molecule has 0 radical (unpaired) electrons. The van der Waals surface area contributed by atoms with Crippen molar-refractivity contribution in [3.63, 3.8) is 0 Å². The van der Waals surface area contributed by atoms with Crippen LogP contribution < -0.4 is 0 Å². The highest BCUT2D eigenvalue weighted by molar-refractivity contribution is 5.06. The van der Waals surface area contributed by atoms with Gasteiger partial charge in [0.25, 0.3) is 0 Å². The largest absolute Gasteiger partial charge is 0.356 e. The van der Waals surface area contributed by atoms with Crippen molar-refractivity contribution in [1.82, 2.24) is 0 Å². The SMILES string of the molecule is COC(CCC1(C)CCC=C(C)C1)OC. The second kappa shape index (κ2) is 5.66. The molecule has 88 valence electrons. The molecule has 0 aliphatic heterocycles. The number of hydrogen-bond donors (Lipinski definition) is 0. The Morgan fingerprint density at radius 2 is 2.07 bits per heavy atom. The number of hydrogen-bond acceptors (Lipinski definition) is 2. The normalized spacial score (nSPS) is 26.9. The fourth-order valence-electron chi connectivity index (χ4n) is 2.51. The van der Waals surface area contributed by atoms with Gasteiger partial charge < -0.3 is 9.47 Å². The molecular weight excluding hydrogens is 188 g/mol. The van der Waals surface area contributed by atoms with Gasteiger partial charge in [-0.3, -0.25) is 0 Å². The quantitative estimate of drug-likeness (QED) is 0.513. The maximum Gasteiger partial charge on any atom is 0.156 e. The molecule has 2 nitrogen and oxygen atoms in total. The van der Waals surface area contributed by atoms with E-state index in [0.717, 1.165) is 6.42 Å². The summed E-state index contributed by atoms with van der Waals surface area (Å²) in [5.41, 5.74) is 1.99. The van der Waals surface area contributed by atoms with Gasteiger partial charge in [-0.2, -0.15) is 0 Å². The summed E-state index contributed by atoms with van der Waals surface area (Å²) in [6.45, 7) is 4.62. The van der Waals surface area contributed by atoms with Gasteiger partial charge in [0.2, 0.25) is 0 Å². The first-order chi connectivity index (χ1) is 7.09. The summed E-state index contributed by atoms with van der Waals surface area (Å²) in [6.07, 6.45) is 8.27. The Hall–Kier alpha value is -0.340. The van der Waals surface area contributed by atoms with E-state index < -0.39 is 0 Å². The molecule has 1 rings (SSSR count). The molecule has 0 heterocycles. The van der Waals surface area contributed by atoms with Crippen LogP contribution in [0.5, 0.6) is 0 Å². The van der Waals surface area contributed by atoms with Gasteiger partial charge in [0.1, 0.15) is 0 Å². The Labute approximate surface area is 93.7 Å². The van der Waals surface area contributed by atoms with Crippen LogP contribution >= 0.6 is 0 Å². The van der Waals surface area contributed by atoms with Crippen molar-refractivity contribution < 1.29 is 9.47 Å². The minimum absolute atomic E-state index is 0.0342. The summed E-state index contributed by atoms with van der Waals surface area (Å²) in [4.78, 5) is 0. The average Bonchev–Trinajstić information content (AvgIpc) is 2.19. The maximum absolute atomic E-state index is 5.23. The summed E-state index contributed by atoms with van der Waals surface area (Å²) in [6, 6.07) is 0. The van der Waals surface area contributed by atoms with Gasteiger partial charge in [0.15, 0.2) is 6.29 Å². The Kier molecular flexibility index (Phi) is 4.81. The van der Waals surface area contributed by atoms with Gasteiger partial charge in [-0.05, 0) is 44.4 Å². The number of allylic oxidation sites excluding steroid dienone is 2. The highest BCUT2D eigenvalue weighted by Crippen LogP contribution is 2.39. The van der Waals surface area contributed by atoms with Crippen molar-refractivity contribution in [2.75, 3.05) is 14.2 Å². The van der Waals surface area contributed by atoms with Crippen LogP contribution in [0.4, 0.5) is 0 Å². The number of methoxy groups -OCH3 is 2. The van der Waals surface area contributed by atoms with Gasteiger partial charge in [0.05, 0.1) is 0 Å². The van der Waals surface area contributed by atoms with E-state index in [9.17, 15) is 0 Å². The molecule has 0 N–H and O–H groups in total. The van der Waals surface area contributed by atoms with E-state index in [1.807, 2.05) is 0 Å². The van der Waals surface area contributed by atoms with Gasteiger partial charge in [0, 0.05) is 14.2 Å². The van der Waals surface area contributed by atoms with Crippen LogP contribution in [0, 0.1) is 5.41 Å². The molecule has 0 aromatic heterocycles. The molecular formula is C13H24O2. The van der Waals surface area contributed by atoms with Crippen LogP contribution in [0.15, 0.2) is 11.6 Å². The van der Waals surface area contributed by atoms with Gasteiger partial charge in [-0.25, -0.2) is 0 Å². The highest BCUT2D eigenvalue weighted by atomic mass is 16.7. The number of rotatable bonds is 5. The van der Waals surface area contributed by atoms with E-state index in [4.69, 9.17) is 9.47 Å². The lowest BCUT2D eigenvalue weighted by atomic mass is 9.73. The molecule has 0 saturated heterocycles. The van der Waals surface area contributed by atoms with E-state index in [1.165, 1.54) is 31.3 Å². The van der Waals surface area contributed by atoms with Gasteiger partial charge >= 0.3 is 0 Å². The van der Waals surface area contributed by atoms with Crippen LogP contribution in [0.1, 0.15) is 46.0 Å². The molecule has 0 fully saturated rings. The van der Waals surface area contributed by atoms with E-state index >= 15 is 0 Å². The second-order valence-electron chi connectivity index (χ2n) is 5.02. The fourth-order valence-corrected chi connectivity index (χ4v) is 2.51. The fraction of sp³-hybridized carbons (Fsp3) is 0.846. The minimum Gasteiger partial charge on any atom is -0.356 e. The Morgan fingerprint density at radius 3 is 2.60 bits per heavy atom. The molecule has 0 amide bonds. The lowest BCUT2D eigenvalue weighted by Gasteiger charge is -2.34. The van der Waals surface area contributed by atoms with Crippen molar-refractivity contribution in [3.05, 3.63) is 11.6 Å². The lowest BCUT2D eigenvalue weighted by molar-refractivity contribution is -0.111. The van der Waals surface area contributed by atoms with E-state index in [-0.39, 0.29) is 6.29 Å². The van der Waals surface area contributed by atoms with Crippen LogP contribution in [-0.2, 0) is 9.47 Å². The molecule has 0 saturated carbocycles. The predicted octanol–water partition coefficient (Wildman–Crippen LogP) is 3.52. The molecule has 1 atom stereocenters. The summed E-state index contributed by atoms with van der Waals surface area (Å²) in [5, 5.41) is 0. The van der Waals surface area contributed by atoms with E-state index in [0.29, 0.717) is 5.41 Å². The molecule has 15 heavy (non-hydrogen) atoms. The average molecular weight is 212 g/mol. The van der Waals surface area contributed by atoms with E-state index in [2.05, 4.69) is 19.9 Å². The van der Waals surface area contributed by atoms with Crippen molar-refractivity contribution in [2.45, 2.75) is 52.2 Å². The molecule has 1 unspecified atom stereocenters. The Morgan fingerprint density at radius 1 is 1.40 bits per heavy atom. The summed E-state index contributed by atoms with van der Waals surface area (Å²) in [5.74, 6) is 0. The van der Waals surface area contributed by atoms with Crippen molar-refractivity contribution >= 4 is 0 Å². The van der Waals surface area contributed by atoms with Crippen molar-refractivity contribution in [2.24, 2.45) is 5.41 Å². The zero-order chi connectivity index (χ0) is 11.3. The zero-order valence-corrected chi connectivity index (χ0v) is 10.5. The molecule has 0 aromatic carbocycles. The Balaban J connectivity index is 2.40. The first-order valence-corrected chi connectivity index (χ1v) is 5.81. The van der Waals surface area contributed by atoms with Crippen LogP contribution in [-0.4, -0.2) is 20.5 Å². The lowest BCUT2D eigenvalue weighted by Crippen LogP contribution is -2.23. The van der Waals surface area contributed by atoms with Gasteiger partial charge in [-0.1, -0.05) is 18.6 Å². The van der Waals surface area contributed by atoms with Crippen molar-refractivity contribution in [1.29, 1.82) is 0 Å². The third-order valence-electron chi connectivity index (χ3n) is 3.46. The molecule has 1 aliphatic rings. The third kappa shape index (κ3) is 3.96. The zero-order valence-electron chi connectivity index (χ0n) is 10.5. The minimum atomic E-state index is -0.0342. The highest BCUT2D eigenvalue weighted by Gasteiger charge is 2.27. The van der Waals surface area contributed by atoms with E-state index in [1.54, 1.807) is 14.2 Å². The second-order valence-corrected chi connectivity index (χ2v) is 5.02. The number of ether oxygens (including phenoxy) is 2. The van der Waals surface area contributed by atoms with Crippen LogP contribution in [0.3, 0.4) is 0 Å². The first-order valence-electron chi connectivity index (χ1n) is 5.81. The van der Waals surface area contributed by atoms with Crippen molar-refractivity contribution in [3.8, 4) is 0 Å². The predicted molar refractivity (Wildman–Crippen MR) is 62.8 cm³/mol.